The highest BCUT2D eigenvalue weighted by Crippen LogP contribution is 2.40. The summed E-state index contributed by atoms with van der Waals surface area (Å²) in [5, 5.41) is 6.31. The summed E-state index contributed by atoms with van der Waals surface area (Å²) in [5.74, 6) is 0.444. The summed E-state index contributed by atoms with van der Waals surface area (Å²) in [5.41, 5.74) is 4.60. The van der Waals surface area contributed by atoms with Crippen LogP contribution in [0.5, 0.6) is 0 Å². The molecule has 0 radical (unpaired) electrons. The number of fused-ring (bicyclic) bond motifs is 5. The van der Waals surface area contributed by atoms with Crippen LogP contribution in [-0.4, -0.2) is 9.97 Å². The Kier molecular flexibility index (Phi) is 3.87. The third-order valence-electron chi connectivity index (χ3n) is 5.91. The van der Waals surface area contributed by atoms with Crippen molar-refractivity contribution < 1.29 is 0 Å². The first-order valence-corrected chi connectivity index (χ1v) is 11.1. The molecule has 0 atom stereocenters. The van der Waals surface area contributed by atoms with Crippen LogP contribution in [0.3, 0.4) is 0 Å². The molecule has 144 valence electrons. The van der Waals surface area contributed by atoms with E-state index in [1.807, 2.05) is 0 Å². The van der Waals surface area contributed by atoms with E-state index in [1.165, 1.54) is 42.8 Å². The molecular formula is C27H20N2S. The summed E-state index contributed by atoms with van der Waals surface area (Å²) < 4.78 is 2.42. The lowest BCUT2D eigenvalue weighted by Gasteiger charge is -2.13. The molecule has 2 aromatic heterocycles. The summed E-state index contributed by atoms with van der Waals surface area (Å²) in [7, 11) is 0. The maximum atomic E-state index is 4.75. The average molecular weight is 405 g/mol. The Bertz CT molecular complexity index is 1580. The van der Waals surface area contributed by atoms with Gasteiger partial charge in [-0.3, -0.25) is 0 Å². The van der Waals surface area contributed by atoms with Crippen LogP contribution in [0.15, 0.2) is 79.1 Å². The molecule has 3 heteroatoms. The molecule has 0 N–H and O–H groups in total. The molecule has 0 amide bonds. The molecule has 6 rings (SSSR count). The smallest absolute Gasteiger partial charge is 0.116 e. The first-order valence-electron chi connectivity index (χ1n) is 10.3. The van der Waals surface area contributed by atoms with Crippen molar-refractivity contribution in [3.63, 3.8) is 0 Å². The highest BCUT2D eigenvalue weighted by Gasteiger charge is 2.16. The summed E-state index contributed by atoms with van der Waals surface area (Å²) in [6.07, 6.45) is 1.71. The molecule has 0 aliphatic carbocycles. The maximum absolute atomic E-state index is 4.75. The van der Waals surface area contributed by atoms with Crippen LogP contribution in [0.4, 0.5) is 0 Å². The molecule has 0 unspecified atom stereocenters. The SMILES string of the molecule is CC(C)c1cc(-c2ncnc3c2sc2cc4ccccc4cc23)cc2ccccc12. The number of thiophene rings is 1. The van der Waals surface area contributed by atoms with Gasteiger partial charge in [0.25, 0.3) is 0 Å². The minimum atomic E-state index is 0.444. The number of hydrogen-bond donors (Lipinski definition) is 0. The Labute approximate surface area is 178 Å². The lowest BCUT2D eigenvalue weighted by Crippen LogP contribution is -1.93. The van der Waals surface area contributed by atoms with Gasteiger partial charge in [-0.25, -0.2) is 9.97 Å². The van der Waals surface area contributed by atoms with Gasteiger partial charge in [0.2, 0.25) is 0 Å². The van der Waals surface area contributed by atoms with Gasteiger partial charge in [-0.1, -0.05) is 62.4 Å². The van der Waals surface area contributed by atoms with E-state index in [0.717, 1.165) is 15.9 Å². The van der Waals surface area contributed by atoms with Gasteiger partial charge in [-0.15, -0.1) is 11.3 Å². The predicted octanol–water partition coefficient (Wildman–Crippen LogP) is 7.94. The molecule has 0 aliphatic heterocycles. The molecule has 0 saturated heterocycles. The van der Waals surface area contributed by atoms with Crippen molar-refractivity contribution in [2.24, 2.45) is 0 Å². The van der Waals surface area contributed by atoms with Gasteiger partial charge < -0.3 is 0 Å². The van der Waals surface area contributed by atoms with Crippen molar-refractivity contribution in [1.29, 1.82) is 0 Å². The summed E-state index contributed by atoms with van der Waals surface area (Å²) >= 11 is 1.79. The van der Waals surface area contributed by atoms with Gasteiger partial charge >= 0.3 is 0 Å². The van der Waals surface area contributed by atoms with Gasteiger partial charge in [0.15, 0.2) is 0 Å². The van der Waals surface area contributed by atoms with Crippen LogP contribution in [0.1, 0.15) is 25.3 Å². The first kappa shape index (κ1) is 17.5. The number of aromatic nitrogens is 2. The highest BCUT2D eigenvalue weighted by atomic mass is 32.1. The second kappa shape index (κ2) is 6.61. The van der Waals surface area contributed by atoms with E-state index in [0.29, 0.717) is 5.92 Å². The van der Waals surface area contributed by atoms with Crippen LogP contribution >= 0.6 is 11.3 Å². The van der Waals surface area contributed by atoms with Crippen molar-refractivity contribution in [3.8, 4) is 11.3 Å². The van der Waals surface area contributed by atoms with E-state index in [-0.39, 0.29) is 0 Å². The molecule has 30 heavy (non-hydrogen) atoms. The molecule has 0 fully saturated rings. The number of hydrogen-bond acceptors (Lipinski definition) is 3. The van der Waals surface area contributed by atoms with Crippen LogP contribution < -0.4 is 0 Å². The molecule has 6 aromatic rings. The third kappa shape index (κ3) is 2.62. The van der Waals surface area contributed by atoms with Crippen molar-refractivity contribution >= 4 is 53.2 Å². The van der Waals surface area contributed by atoms with E-state index >= 15 is 0 Å². The number of rotatable bonds is 2. The molecule has 0 bridgehead atoms. The first-order chi connectivity index (χ1) is 14.7. The van der Waals surface area contributed by atoms with E-state index in [2.05, 4.69) is 91.6 Å². The van der Waals surface area contributed by atoms with Gasteiger partial charge in [-0.2, -0.15) is 0 Å². The fourth-order valence-electron chi connectivity index (χ4n) is 4.42. The lowest BCUT2D eigenvalue weighted by atomic mass is 9.92. The van der Waals surface area contributed by atoms with Crippen molar-refractivity contribution in [2.75, 3.05) is 0 Å². The lowest BCUT2D eigenvalue weighted by molar-refractivity contribution is 0.876. The van der Waals surface area contributed by atoms with Crippen molar-refractivity contribution in [3.05, 3.63) is 84.7 Å². The molecule has 0 spiro atoms. The molecule has 4 aromatic carbocycles. The molecule has 0 saturated carbocycles. The van der Waals surface area contributed by atoms with E-state index in [1.54, 1.807) is 17.7 Å². The fourth-order valence-corrected chi connectivity index (χ4v) is 5.62. The second-order valence-corrected chi connectivity index (χ2v) is 9.19. The zero-order valence-electron chi connectivity index (χ0n) is 16.9. The minimum absolute atomic E-state index is 0.444. The average Bonchev–Trinajstić information content (AvgIpc) is 3.14. The van der Waals surface area contributed by atoms with Gasteiger partial charge in [0.1, 0.15) is 6.33 Å². The van der Waals surface area contributed by atoms with E-state index in [4.69, 9.17) is 4.98 Å². The Morgan fingerprint density at radius 1 is 0.733 bits per heavy atom. The Balaban J connectivity index is 1.67. The topological polar surface area (TPSA) is 25.8 Å². The number of nitrogens with zero attached hydrogens (tertiary/aromatic N) is 2. The maximum Gasteiger partial charge on any atom is 0.116 e. The summed E-state index contributed by atoms with van der Waals surface area (Å²) in [6, 6.07) is 26.3. The third-order valence-corrected chi connectivity index (χ3v) is 7.06. The van der Waals surface area contributed by atoms with Crippen LogP contribution in [0, 0.1) is 0 Å². The zero-order chi connectivity index (χ0) is 20.2. The summed E-state index contributed by atoms with van der Waals surface area (Å²) in [6.45, 7) is 4.51. The molecule has 0 aliphatic rings. The summed E-state index contributed by atoms with van der Waals surface area (Å²) in [4.78, 5) is 9.43. The van der Waals surface area contributed by atoms with Crippen molar-refractivity contribution in [2.45, 2.75) is 19.8 Å². The van der Waals surface area contributed by atoms with Crippen LogP contribution in [0.2, 0.25) is 0 Å². The van der Waals surface area contributed by atoms with Crippen LogP contribution in [0.25, 0.3) is 53.1 Å². The standard InChI is InChI=1S/C27H20N2S/c1-16(2)22-13-20(11-19-9-5-6-10-21(19)22)25-27-26(29-15-28-25)23-12-17-7-3-4-8-18(17)14-24(23)30-27/h3-16H,1-2H3. The quantitative estimate of drug-likeness (QED) is 0.293. The molecule has 2 nitrogen and oxygen atoms in total. The Morgan fingerprint density at radius 2 is 1.47 bits per heavy atom. The molecule has 2 heterocycles. The highest BCUT2D eigenvalue weighted by molar-refractivity contribution is 7.26. The van der Waals surface area contributed by atoms with E-state index < -0.39 is 0 Å². The Morgan fingerprint density at radius 3 is 2.27 bits per heavy atom. The van der Waals surface area contributed by atoms with Gasteiger partial charge in [-0.05, 0) is 57.3 Å². The minimum Gasteiger partial charge on any atom is -0.235 e. The fraction of sp³-hybridized carbons (Fsp3) is 0.111. The largest absolute Gasteiger partial charge is 0.235 e. The van der Waals surface area contributed by atoms with Crippen molar-refractivity contribution in [1.82, 2.24) is 9.97 Å². The molecular weight excluding hydrogens is 384 g/mol. The van der Waals surface area contributed by atoms with Crippen LogP contribution in [-0.2, 0) is 0 Å². The Hall–Kier alpha value is -3.30. The normalized spacial score (nSPS) is 12.0. The second-order valence-electron chi connectivity index (χ2n) is 8.14. The van der Waals surface area contributed by atoms with E-state index in [9.17, 15) is 0 Å². The zero-order valence-corrected chi connectivity index (χ0v) is 17.7. The van der Waals surface area contributed by atoms with Gasteiger partial charge in [0.05, 0.1) is 15.9 Å². The predicted molar refractivity (Wildman–Crippen MR) is 129 cm³/mol. The number of benzene rings is 4. The monoisotopic (exact) mass is 404 g/mol. The van der Waals surface area contributed by atoms with Gasteiger partial charge in [0, 0.05) is 15.6 Å².